The van der Waals surface area contributed by atoms with Gasteiger partial charge in [-0.25, -0.2) is 9.97 Å². The number of fused-ring (bicyclic) bond motifs is 1. The minimum absolute atomic E-state index is 0.113. The van der Waals surface area contributed by atoms with Gasteiger partial charge in [0.05, 0.1) is 18.3 Å². The van der Waals surface area contributed by atoms with Crippen molar-refractivity contribution in [2.24, 2.45) is 11.8 Å². The lowest BCUT2D eigenvalue weighted by Crippen LogP contribution is -2.32. The molecule has 6 nitrogen and oxygen atoms in total. The largest absolute Gasteiger partial charge is 0.376 e. The summed E-state index contributed by atoms with van der Waals surface area (Å²) < 4.78 is 5.90. The molecule has 0 saturated carbocycles. The zero-order valence-corrected chi connectivity index (χ0v) is 13.4. The SMILES string of the molecule is O=C(c1ccsc1)N1C[C@H]2[C@H](CNc3ncccn3)CO[C@H]2C1. The predicted octanol–water partition coefficient (Wildman–Crippen LogP) is 1.74. The first-order valence-corrected chi connectivity index (χ1v) is 8.69. The van der Waals surface area contributed by atoms with Gasteiger partial charge in [0.15, 0.2) is 0 Å². The van der Waals surface area contributed by atoms with Crippen LogP contribution in [0.15, 0.2) is 35.3 Å². The molecule has 0 aromatic carbocycles. The van der Waals surface area contributed by atoms with E-state index in [1.54, 1.807) is 29.8 Å². The molecule has 2 saturated heterocycles. The third-order valence-corrected chi connectivity index (χ3v) is 5.27. The highest BCUT2D eigenvalue weighted by atomic mass is 32.1. The smallest absolute Gasteiger partial charge is 0.254 e. The molecular formula is C16H18N4O2S. The Hall–Kier alpha value is -1.99. The highest BCUT2D eigenvalue weighted by molar-refractivity contribution is 7.08. The van der Waals surface area contributed by atoms with E-state index in [0.717, 1.165) is 25.3 Å². The third kappa shape index (κ3) is 2.94. The quantitative estimate of drug-likeness (QED) is 0.925. The number of anilines is 1. The van der Waals surface area contributed by atoms with Crippen LogP contribution in [-0.2, 0) is 4.74 Å². The fraction of sp³-hybridized carbons (Fsp3) is 0.438. The van der Waals surface area contributed by atoms with Crippen molar-refractivity contribution < 1.29 is 9.53 Å². The molecule has 7 heteroatoms. The van der Waals surface area contributed by atoms with Gasteiger partial charge in [0.25, 0.3) is 5.91 Å². The van der Waals surface area contributed by atoms with E-state index < -0.39 is 0 Å². The monoisotopic (exact) mass is 330 g/mol. The van der Waals surface area contributed by atoms with Gasteiger partial charge in [-0.05, 0) is 17.5 Å². The second-order valence-corrected chi connectivity index (χ2v) is 6.75. The summed E-state index contributed by atoms with van der Waals surface area (Å²) in [7, 11) is 0. The van der Waals surface area contributed by atoms with Crippen molar-refractivity contribution in [3.05, 3.63) is 40.8 Å². The minimum atomic E-state index is 0.113. The van der Waals surface area contributed by atoms with Crippen LogP contribution in [0, 0.1) is 11.8 Å². The van der Waals surface area contributed by atoms with Crippen LogP contribution in [0.5, 0.6) is 0 Å². The zero-order chi connectivity index (χ0) is 15.6. The number of amides is 1. The van der Waals surface area contributed by atoms with E-state index in [1.807, 2.05) is 21.7 Å². The Labute approximate surface area is 138 Å². The Bertz CT molecular complexity index is 664. The van der Waals surface area contributed by atoms with E-state index in [9.17, 15) is 4.79 Å². The number of ether oxygens (including phenoxy) is 1. The standard InChI is InChI=1S/C16H18N4O2S/c21-15(11-2-5-23-10-11)20-7-13-12(9-22-14(13)8-20)6-19-16-17-3-1-4-18-16/h1-5,10,12-14H,6-9H2,(H,17,18,19)/t12-,13+,14+/m1/s1. The maximum Gasteiger partial charge on any atom is 0.254 e. The van der Waals surface area contributed by atoms with Gasteiger partial charge >= 0.3 is 0 Å². The summed E-state index contributed by atoms with van der Waals surface area (Å²) in [5, 5.41) is 7.11. The van der Waals surface area contributed by atoms with E-state index in [4.69, 9.17) is 4.74 Å². The van der Waals surface area contributed by atoms with Gasteiger partial charge in [0.2, 0.25) is 5.95 Å². The molecule has 4 rings (SSSR count). The van der Waals surface area contributed by atoms with Crippen molar-refractivity contribution >= 4 is 23.2 Å². The molecule has 0 aliphatic carbocycles. The normalized spacial score (nSPS) is 26.3. The maximum atomic E-state index is 12.5. The van der Waals surface area contributed by atoms with Crippen molar-refractivity contribution in [1.82, 2.24) is 14.9 Å². The number of rotatable bonds is 4. The second-order valence-electron chi connectivity index (χ2n) is 5.97. The predicted molar refractivity (Wildman–Crippen MR) is 87.5 cm³/mol. The molecular weight excluding hydrogens is 312 g/mol. The van der Waals surface area contributed by atoms with Gasteiger partial charge in [0, 0.05) is 49.2 Å². The fourth-order valence-electron chi connectivity index (χ4n) is 3.36. The molecule has 2 aromatic heterocycles. The number of nitrogens with one attached hydrogen (secondary N) is 1. The topological polar surface area (TPSA) is 67.4 Å². The molecule has 0 bridgehead atoms. The van der Waals surface area contributed by atoms with Gasteiger partial charge < -0.3 is 15.0 Å². The zero-order valence-electron chi connectivity index (χ0n) is 12.6. The summed E-state index contributed by atoms with van der Waals surface area (Å²) in [4.78, 5) is 22.7. The van der Waals surface area contributed by atoms with Crippen LogP contribution in [0.25, 0.3) is 0 Å². The summed E-state index contributed by atoms with van der Waals surface area (Å²) in [6, 6.07) is 3.68. The molecule has 3 atom stereocenters. The molecule has 2 aliphatic rings. The Morgan fingerprint density at radius 3 is 3.04 bits per heavy atom. The van der Waals surface area contributed by atoms with E-state index in [-0.39, 0.29) is 12.0 Å². The number of aromatic nitrogens is 2. The van der Waals surface area contributed by atoms with Crippen LogP contribution >= 0.6 is 11.3 Å². The molecule has 0 unspecified atom stereocenters. The summed E-state index contributed by atoms with van der Waals surface area (Å²) in [6.45, 7) is 2.96. The lowest BCUT2D eigenvalue weighted by atomic mass is 9.93. The first kappa shape index (κ1) is 14.6. The van der Waals surface area contributed by atoms with Crippen LogP contribution in [0.2, 0.25) is 0 Å². The van der Waals surface area contributed by atoms with E-state index in [0.29, 0.717) is 24.3 Å². The maximum absolute atomic E-state index is 12.5. The first-order chi connectivity index (χ1) is 11.3. The van der Waals surface area contributed by atoms with Crippen LogP contribution in [0.1, 0.15) is 10.4 Å². The van der Waals surface area contributed by atoms with Gasteiger partial charge in [-0.1, -0.05) is 0 Å². The molecule has 1 N–H and O–H groups in total. The molecule has 2 aromatic rings. The van der Waals surface area contributed by atoms with Crippen LogP contribution in [-0.4, -0.2) is 53.1 Å². The Balaban J connectivity index is 1.37. The molecule has 0 spiro atoms. The van der Waals surface area contributed by atoms with E-state index in [2.05, 4.69) is 15.3 Å². The van der Waals surface area contributed by atoms with E-state index >= 15 is 0 Å². The number of likely N-dealkylation sites (tertiary alicyclic amines) is 1. The lowest BCUT2D eigenvalue weighted by Gasteiger charge is -2.19. The molecule has 4 heterocycles. The second kappa shape index (κ2) is 6.25. The van der Waals surface area contributed by atoms with E-state index in [1.165, 1.54) is 0 Å². The molecule has 23 heavy (non-hydrogen) atoms. The Morgan fingerprint density at radius 1 is 1.39 bits per heavy atom. The number of carbonyl (C=O) groups excluding carboxylic acids is 1. The van der Waals surface area contributed by atoms with Crippen LogP contribution in [0.4, 0.5) is 5.95 Å². The van der Waals surface area contributed by atoms with Gasteiger partial charge in [0.1, 0.15) is 0 Å². The lowest BCUT2D eigenvalue weighted by molar-refractivity contribution is 0.0680. The van der Waals surface area contributed by atoms with Gasteiger partial charge in [-0.3, -0.25) is 4.79 Å². The van der Waals surface area contributed by atoms with Crippen molar-refractivity contribution in [2.45, 2.75) is 6.10 Å². The van der Waals surface area contributed by atoms with Crippen molar-refractivity contribution in [1.29, 1.82) is 0 Å². The van der Waals surface area contributed by atoms with Crippen molar-refractivity contribution in [3.63, 3.8) is 0 Å². The fourth-order valence-corrected chi connectivity index (χ4v) is 3.99. The first-order valence-electron chi connectivity index (χ1n) is 7.75. The number of thiophene rings is 1. The number of hydrogen-bond acceptors (Lipinski definition) is 6. The third-order valence-electron chi connectivity index (χ3n) is 4.58. The Kier molecular flexibility index (Phi) is 3.97. The molecule has 2 aliphatic heterocycles. The highest BCUT2D eigenvalue weighted by Gasteiger charge is 2.45. The summed E-state index contributed by atoms with van der Waals surface area (Å²) >= 11 is 1.55. The van der Waals surface area contributed by atoms with Crippen LogP contribution < -0.4 is 5.32 Å². The van der Waals surface area contributed by atoms with Gasteiger partial charge in [-0.2, -0.15) is 11.3 Å². The molecule has 0 radical (unpaired) electrons. The van der Waals surface area contributed by atoms with Gasteiger partial charge in [-0.15, -0.1) is 0 Å². The highest BCUT2D eigenvalue weighted by Crippen LogP contribution is 2.34. The average molecular weight is 330 g/mol. The van der Waals surface area contributed by atoms with Crippen molar-refractivity contribution in [2.75, 3.05) is 31.6 Å². The number of carbonyl (C=O) groups is 1. The molecule has 1 amide bonds. The molecule has 120 valence electrons. The average Bonchev–Trinajstić information content (AvgIpc) is 3.30. The Morgan fingerprint density at radius 2 is 2.26 bits per heavy atom. The minimum Gasteiger partial charge on any atom is -0.376 e. The summed E-state index contributed by atoms with van der Waals surface area (Å²) in [5.41, 5.74) is 0.780. The van der Waals surface area contributed by atoms with Crippen LogP contribution in [0.3, 0.4) is 0 Å². The summed E-state index contributed by atoms with van der Waals surface area (Å²) in [6.07, 6.45) is 3.60. The van der Waals surface area contributed by atoms with Crippen molar-refractivity contribution in [3.8, 4) is 0 Å². The summed E-state index contributed by atoms with van der Waals surface area (Å²) in [5.74, 6) is 1.51. The molecule has 2 fully saturated rings. The number of nitrogens with zero attached hydrogens (tertiary/aromatic N) is 3. The number of hydrogen-bond donors (Lipinski definition) is 1.